The maximum Gasteiger partial charge on any atom is 0.288 e. The Balaban J connectivity index is 1.46. The van der Waals surface area contributed by atoms with Crippen molar-refractivity contribution in [1.29, 1.82) is 0 Å². The summed E-state index contributed by atoms with van der Waals surface area (Å²) >= 11 is 0.449. The summed E-state index contributed by atoms with van der Waals surface area (Å²) in [6.45, 7) is 4.05. The Labute approximate surface area is 165 Å². The number of nitrogens with one attached hydrogen (secondary N) is 1. The first-order valence-electron chi connectivity index (χ1n) is 8.70. The Morgan fingerprint density at radius 1 is 1.21 bits per heavy atom. The molecular formula is C18H20F2N4O3S. The Kier molecular flexibility index (Phi) is 6.63. The van der Waals surface area contributed by atoms with Gasteiger partial charge in [-0.15, -0.1) is 0 Å². The number of rotatable bonds is 6. The third-order valence-corrected chi connectivity index (χ3v) is 4.97. The molecular weight excluding hydrogens is 390 g/mol. The fourth-order valence-corrected chi connectivity index (χ4v) is 3.38. The van der Waals surface area contributed by atoms with Gasteiger partial charge in [-0.25, -0.2) is 0 Å². The van der Waals surface area contributed by atoms with Gasteiger partial charge in [0, 0.05) is 42.7 Å². The molecule has 2 heterocycles. The van der Waals surface area contributed by atoms with Gasteiger partial charge in [-0.2, -0.15) is 8.78 Å². The predicted molar refractivity (Wildman–Crippen MR) is 101 cm³/mol. The molecule has 1 aliphatic heterocycles. The van der Waals surface area contributed by atoms with E-state index in [1.807, 2.05) is 4.90 Å². The average molecular weight is 410 g/mol. The first-order chi connectivity index (χ1) is 13.4. The van der Waals surface area contributed by atoms with E-state index in [4.69, 9.17) is 4.52 Å². The molecule has 1 aromatic heterocycles. The molecule has 0 saturated carbocycles. The number of piperazine rings is 1. The number of alkyl halides is 2. The predicted octanol–water partition coefficient (Wildman–Crippen LogP) is 2.69. The van der Waals surface area contributed by atoms with Crippen molar-refractivity contribution < 1.29 is 22.9 Å². The molecule has 0 atom stereocenters. The van der Waals surface area contributed by atoms with Crippen LogP contribution in [0.5, 0.6) is 0 Å². The van der Waals surface area contributed by atoms with Crippen molar-refractivity contribution in [3.63, 3.8) is 0 Å². The Hall–Kier alpha value is -2.46. The standard InChI is InChI=1S/C18H20F2N4O3S/c1-12-10-15(22-27-12)21-16(25)11-23-6-8-24(9-7-23)17(26)13-2-4-14(5-3-13)28-18(19)20/h2-5,10,18H,6-9,11H2,1H3,(H,21,22,25). The quantitative estimate of drug-likeness (QED) is 0.738. The van der Waals surface area contributed by atoms with Crippen LogP contribution in [0.4, 0.5) is 14.6 Å². The fraction of sp³-hybridized carbons (Fsp3) is 0.389. The van der Waals surface area contributed by atoms with Crippen molar-refractivity contribution in [3.05, 3.63) is 41.7 Å². The van der Waals surface area contributed by atoms with E-state index in [2.05, 4.69) is 10.5 Å². The lowest BCUT2D eigenvalue weighted by molar-refractivity contribution is -0.117. The molecule has 0 bridgehead atoms. The molecule has 1 N–H and O–H groups in total. The summed E-state index contributed by atoms with van der Waals surface area (Å²) in [7, 11) is 0. The molecule has 0 radical (unpaired) electrons. The van der Waals surface area contributed by atoms with E-state index < -0.39 is 5.76 Å². The largest absolute Gasteiger partial charge is 0.360 e. The highest BCUT2D eigenvalue weighted by molar-refractivity contribution is 7.99. The summed E-state index contributed by atoms with van der Waals surface area (Å²) < 4.78 is 29.6. The molecule has 0 spiro atoms. The van der Waals surface area contributed by atoms with Gasteiger partial charge in [0.2, 0.25) is 5.91 Å². The minimum absolute atomic E-state index is 0.143. The molecule has 1 aliphatic rings. The lowest BCUT2D eigenvalue weighted by Gasteiger charge is -2.34. The van der Waals surface area contributed by atoms with Gasteiger partial charge in [-0.1, -0.05) is 16.9 Å². The van der Waals surface area contributed by atoms with Gasteiger partial charge >= 0.3 is 0 Å². The number of hydrogen-bond donors (Lipinski definition) is 1. The summed E-state index contributed by atoms with van der Waals surface area (Å²) in [6.07, 6.45) is 0. The number of hydrogen-bond acceptors (Lipinski definition) is 6. The summed E-state index contributed by atoms with van der Waals surface area (Å²) in [4.78, 5) is 28.7. The molecule has 1 saturated heterocycles. The molecule has 1 aromatic carbocycles. The van der Waals surface area contributed by atoms with Gasteiger partial charge in [0.25, 0.3) is 11.7 Å². The number of benzene rings is 1. The van der Waals surface area contributed by atoms with Crippen LogP contribution >= 0.6 is 11.8 Å². The second-order valence-corrected chi connectivity index (χ2v) is 7.41. The molecule has 0 unspecified atom stereocenters. The van der Waals surface area contributed by atoms with Crippen LogP contribution in [0.1, 0.15) is 16.1 Å². The van der Waals surface area contributed by atoms with Gasteiger partial charge in [0.05, 0.1) is 6.54 Å². The molecule has 150 valence electrons. The Bertz CT molecular complexity index is 820. The third-order valence-electron chi connectivity index (χ3n) is 4.25. The second-order valence-electron chi connectivity index (χ2n) is 6.34. The lowest BCUT2D eigenvalue weighted by Crippen LogP contribution is -2.50. The summed E-state index contributed by atoms with van der Waals surface area (Å²) in [5.74, 6) is -1.83. The Morgan fingerprint density at radius 3 is 2.46 bits per heavy atom. The van der Waals surface area contributed by atoms with Crippen LogP contribution in [0.2, 0.25) is 0 Å². The number of halogens is 2. The van der Waals surface area contributed by atoms with Crippen LogP contribution in [-0.4, -0.2) is 65.3 Å². The lowest BCUT2D eigenvalue weighted by atomic mass is 10.2. The van der Waals surface area contributed by atoms with Crippen LogP contribution in [0.15, 0.2) is 39.8 Å². The monoisotopic (exact) mass is 410 g/mol. The maximum absolute atomic E-state index is 12.6. The minimum atomic E-state index is -2.49. The number of carbonyl (C=O) groups excluding carboxylic acids is 2. The maximum atomic E-state index is 12.6. The van der Waals surface area contributed by atoms with Crippen LogP contribution < -0.4 is 5.32 Å². The van der Waals surface area contributed by atoms with E-state index >= 15 is 0 Å². The van der Waals surface area contributed by atoms with Gasteiger partial charge in [0.15, 0.2) is 5.82 Å². The van der Waals surface area contributed by atoms with Crippen molar-refractivity contribution in [1.82, 2.24) is 15.0 Å². The fourth-order valence-electron chi connectivity index (χ4n) is 2.88. The number of thioether (sulfide) groups is 1. The molecule has 1 fully saturated rings. The van der Waals surface area contributed by atoms with Gasteiger partial charge < -0.3 is 14.7 Å². The zero-order valence-corrected chi connectivity index (χ0v) is 16.0. The average Bonchev–Trinajstić information content (AvgIpc) is 3.06. The molecule has 2 amide bonds. The van der Waals surface area contributed by atoms with Crippen molar-refractivity contribution in [2.24, 2.45) is 0 Å². The number of nitrogens with zero attached hydrogens (tertiary/aromatic N) is 3. The third kappa shape index (κ3) is 5.52. The highest BCUT2D eigenvalue weighted by Crippen LogP contribution is 2.25. The van der Waals surface area contributed by atoms with Crippen molar-refractivity contribution in [2.45, 2.75) is 17.6 Å². The summed E-state index contributed by atoms with van der Waals surface area (Å²) in [6, 6.07) is 7.81. The van der Waals surface area contributed by atoms with Gasteiger partial charge in [0.1, 0.15) is 5.76 Å². The van der Waals surface area contributed by atoms with E-state index in [1.165, 1.54) is 12.1 Å². The molecule has 28 heavy (non-hydrogen) atoms. The van der Waals surface area contributed by atoms with Crippen LogP contribution in [-0.2, 0) is 4.79 Å². The van der Waals surface area contributed by atoms with E-state index in [-0.39, 0.29) is 18.4 Å². The van der Waals surface area contributed by atoms with Gasteiger partial charge in [-0.3, -0.25) is 14.5 Å². The first kappa shape index (κ1) is 20.3. The smallest absolute Gasteiger partial charge is 0.288 e. The van der Waals surface area contributed by atoms with E-state index in [1.54, 1.807) is 30.0 Å². The zero-order valence-electron chi connectivity index (χ0n) is 15.2. The number of carbonyl (C=O) groups is 2. The van der Waals surface area contributed by atoms with Crippen molar-refractivity contribution in [2.75, 3.05) is 38.0 Å². The van der Waals surface area contributed by atoms with Crippen LogP contribution in [0.25, 0.3) is 0 Å². The minimum Gasteiger partial charge on any atom is -0.360 e. The highest BCUT2D eigenvalue weighted by Gasteiger charge is 2.23. The highest BCUT2D eigenvalue weighted by atomic mass is 32.2. The molecule has 0 aliphatic carbocycles. The van der Waals surface area contributed by atoms with Crippen molar-refractivity contribution in [3.8, 4) is 0 Å². The molecule has 2 aromatic rings. The topological polar surface area (TPSA) is 78.7 Å². The van der Waals surface area contributed by atoms with Crippen LogP contribution in [0.3, 0.4) is 0 Å². The van der Waals surface area contributed by atoms with Crippen LogP contribution in [0, 0.1) is 6.92 Å². The first-order valence-corrected chi connectivity index (χ1v) is 9.58. The number of anilines is 1. The summed E-state index contributed by atoms with van der Waals surface area (Å²) in [5.41, 5.74) is 0.464. The SMILES string of the molecule is Cc1cc(NC(=O)CN2CCN(C(=O)c3ccc(SC(F)F)cc3)CC2)no1. The number of amides is 2. The van der Waals surface area contributed by atoms with Crippen molar-refractivity contribution >= 4 is 29.4 Å². The number of aryl methyl sites for hydroxylation is 1. The second kappa shape index (κ2) is 9.16. The van der Waals surface area contributed by atoms with E-state index in [0.717, 1.165) is 0 Å². The van der Waals surface area contributed by atoms with E-state index in [9.17, 15) is 18.4 Å². The normalized spacial score (nSPS) is 15.1. The van der Waals surface area contributed by atoms with E-state index in [0.29, 0.717) is 60.0 Å². The summed E-state index contributed by atoms with van der Waals surface area (Å²) in [5, 5.41) is 6.39. The van der Waals surface area contributed by atoms with Gasteiger partial charge in [-0.05, 0) is 31.2 Å². The number of aromatic nitrogens is 1. The molecule has 3 rings (SSSR count). The zero-order chi connectivity index (χ0) is 20.1. The molecule has 7 nitrogen and oxygen atoms in total. The Morgan fingerprint density at radius 2 is 1.89 bits per heavy atom. The molecule has 10 heteroatoms.